The number of fused-ring (bicyclic) bond motifs is 1. The van der Waals surface area contributed by atoms with Gasteiger partial charge in [-0.1, -0.05) is 20.3 Å². The molecule has 0 saturated carbocycles. The Kier molecular flexibility index (Phi) is 4.25. The van der Waals surface area contributed by atoms with Crippen LogP contribution in [0.25, 0.3) is 11.2 Å². The summed E-state index contributed by atoms with van der Waals surface area (Å²) >= 11 is 0. The van der Waals surface area contributed by atoms with Gasteiger partial charge in [0.2, 0.25) is 5.95 Å². The lowest BCUT2D eigenvalue weighted by molar-refractivity contribution is -0.139. The summed E-state index contributed by atoms with van der Waals surface area (Å²) in [6.07, 6.45) is 2.38. The summed E-state index contributed by atoms with van der Waals surface area (Å²) < 4.78 is 1.83. The van der Waals surface area contributed by atoms with Crippen LogP contribution in [0.5, 0.6) is 0 Å². The van der Waals surface area contributed by atoms with Crippen molar-refractivity contribution in [2.24, 2.45) is 5.92 Å². The van der Waals surface area contributed by atoms with Gasteiger partial charge in [0.15, 0.2) is 17.0 Å². The second-order valence-corrected chi connectivity index (χ2v) is 4.98. The van der Waals surface area contributed by atoms with Crippen LogP contribution in [0.2, 0.25) is 0 Å². The first-order chi connectivity index (χ1) is 9.97. The number of hydrogen-bond acceptors (Lipinski definition) is 6. The van der Waals surface area contributed by atoms with Crippen molar-refractivity contribution in [1.82, 2.24) is 19.5 Å². The largest absolute Gasteiger partial charge is 0.480 e. The zero-order valence-corrected chi connectivity index (χ0v) is 12.4. The van der Waals surface area contributed by atoms with Crippen molar-refractivity contribution in [3.63, 3.8) is 0 Å². The molecule has 2 heterocycles. The van der Waals surface area contributed by atoms with E-state index in [1.54, 1.807) is 6.33 Å². The lowest BCUT2D eigenvalue weighted by Gasteiger charge is -2.20. The van der Waals surface area contributed by atoms with E-state index >= 15 is 0 Å². The van der Waals surface area contributed by atoms with E-state index in [4.69, 9.17) is 5.73 Å². The average Bonchev–Trinajstić information content (AvgIpc) is 2.86. The molecule has 0 amide bonds. The maximum absolute atomic E-state index is 11.4. The summed E-state index contributed by atoms with van der Waals surface area (Å²) in [6.45, 7) is 6.47. The number of hydrogen-bond donors (Lipinski definition) is 3. The molecule has 0 aliphatic rings. The predicted molar refractivity (Wildman–Crippen MR) is 79.9 cm³/mol. The number of nitrogens with one attached hydrogen (secondary N) is 1. The van der Waals surface area contributed by atoms with E-state index in [2.05, 4.69) is 20.3 Å². The molecule has 8 heteroatoms. The van der Waals surface area contributed by atoms with E-state index in [9.17, 15) is 9.90 Å². The molecule has 4 N–H and O–H groups in total. The molecule has 8 nitrogen and oxygen atoms in total. The Bertz CT molecular complexity index is 653. The van der Waals surface area contributed by atoms with Gasteiger partial charge in [-0.2, -0.15) is 9.97 Å². The molecule has 21 heavy (non-hydrogen) atoms. The Morgan fingerprint density at radius 3 is 2.76 bits per heavy atom. The number of imidazole rings is 1. The summed E-state index contributed by atoms with van der Waals surface area (Å²) in [4.78, 5) is 23.9. The molecule has 0 bridgehead atoms. The van der Waals surface area contributed by atoms with Gasteiger partial charge in [0.25, 0.3) is 0 Å². The number of carboxylic acids is 1. The fourth-order valence-corrected chi connectivity index (χ4v) is 2.12. The molecule has 114 valence electrons. The minimum atomic E-state index is -0.926. The second-order valence-electron chi connectivity index (χ2n) is 4.98. The third-order valence-corrected chi connectivity index (χ3v) is 3.59. The van der Waals surface area contributed by atoms with Crippen LogP contribution >= 0.6 is 0 Å². The lowest BCUT2D eigenvalue weighted by Crippen LogP contribution is -2.35. The zero-order chi connectivity index (χ0) is 15.6. The molecule has 0 fully saturated rings. The van der Waals surface area contributed by atoms with Crippen LogP contribution in [0, 0.1) is 5.92 Å². The monoisotopic (exact) mass is 292 g/mol. The normalized spacial score (nSPS) is 14.0. The van der Waals surface area contributed by atoms with Crippen molar-refractivity contribution in [2.45, 2.75) is 39.8 Å². The fourth-order valence-electron chi connectivity index (χ4n) is 2.12. The fraction of sp³-hybridized carbons (Fsp3) is 0.538. The van der Waals surface area contributed by atoms with Crippen molar-refractivity contribution in [1.29, 1.82) is 0 Å². The number of carboxylic acid groups (broad SMARTS) is 1. The maximum Gasteiger partial charge on any atom is 0.326 e. The Morgan fingerprint density at radius 2 is 2.19 bits per heavy atom. The predicted octanol–water partition coefficient (Wildman–Crippen LogP) is 1.34. The van der Waals surface area contributed by atoms with Gasteiger partial charge < -0.3 is 20.7 Å². The number of anilines is 2. The highest BCUT2D eigenvalue weighted by atomic mass is 16.4. The first kappa shape index (κ1) is 15.0. The van der Waals surface area contributed by atoms with Crippen molar-refractivity contribution in [3.8, 4) is 0 Å². The first-order valence-electron chi connectivity index (χ1n) is 6.95. The number of nitrogens with zero attached hydrogens (tertiary/aromatic N) is 4. The van der Waals surface area contributed by atoms with Gasteiger partial charge in [-0.05, 0) is 12.8 Å². The molecule has 0 spiro atoms. The van der Waals surface area contributed by atoms with Crippen molar-refractivity contribution in [3.05, 3.63) is 6.33 Å². The van der Waals surface area contributed by atoms with Gasteiger partial charge in [-0.25, -0.2) is 9.78 Å². The maximum atomic E-state index is 11.4. The molecule has 0 radical (unpaired) electrons. The summed E-state index contributed by atoms with van der Waals surface area (Å²) in [7, 11) is 0. The lowest BCUT2D eigenvalue weighted by atomic mass is 9.99. The molecule has 2 aromatic heterocycles. The van der Waals surface area contributed by atoms with E-state index in [0.717, 1.165) is 6.42 Å². The van der Waals surface area contributed by atoms with Gasteiger partial charge in [-0.3, -0.25) is 0 Å². The smallest absolute Gasteiger partial charge is 0.326 e. The number of aromatic nitrogens is 4. The summed E-state index contributed by atoms with van der Waals surface area (Å²) in [6, 6.07) is -0.751. The molecule has 2 unspecified atom stereocenters. The quantitative estimate of drug-likeness (QED) is 0.735. The minimum absolute atomic E-state index is 0.0537. The van der Waals surface area contributed by atoms with Gasteiger partial charge >= 0.3 is 5.97 Å². The Labute approximate surface area is 122 Å². The highest BCUT2D eigenvalue weighted by Crippen LogP contribution is 2.22. The minimum Gasteiger partial charge on any atom is -0.480 e. The van der Waals surface area contributed by atoms with Crippen molar-refractivity contribution < 1.29 is 9.90 Å². The average molecular weight is 292 g/mol. The van der Waals surface area contributed by atoms with Crippen LogP contribution < -0.4 is 11.1 Å². The molecular formula is C13H20N6O2. The molecule has 0 saturated heterocycles. The number of rotatable bonds is 6. The van der Waals surface area contributed by atoms with Crippen LogP contribution in [-0.2, 0) is 11.3 Å². The third-order valence-electron chi connectivity index (χ3n) is 3.59. The molecule has 2 atom stereocenters. The Hall–Kier alpha value is -2.38. The summed E-state index contributed by atoms with van der Waals surface area (Å²) in [5, 5.41) is 12.3. The number of carbonyl (C=O) groups is 1. The molecule has 2 rings (SSSR count). The van der Waals surface area contributed by atoms with Crippen LogP contribution in [0.3, 0.4) is 0 Å². The van der Waals surface area contributed by atoms with E-state index in [1.807, 2.05) is 25.3 Å². The molecule has 0 aromatic carbocycles. The number of aliphatic carboxylic acids is 1. The van der Waals surface area contributed by atoms with E-state index < -0.39 is 12.0 Å². The van der Waals surface area contributed by atoms with E-state index in [1.165, 1.54) is 0 Å². The third kappa shape index (κ3) is 2.88. The number of nitrogens with two attached hydrogens (primary N) is 1. The second kappa shape index (κ2) is 5.94. The highest BCUT2D eigenvalue weighted by molar-refractivity contribution is 5.87. The summed E-state index contributed by atoms with van der Waals surface area (Å²) in [5.41, 5.74) is 6.84. The number of nitrogen functional groups attached to an aromatic ring is 1. The van der Waals surface area contributed by atoms with Crippen LogP contribution in [0.1, 0.15) is 27.2 Å². The Balaban J connectivity index is 2.45. The highest BCUT2D eigenvalue weighted by Gasteiger charge is 2.25. The van der Waals surface area contributed by atoms with Gasteiger partial charge in [0.1, 0.15) is 6.04 Å². The standard InChI is InChI=1S/C13H20N6O2/c1-4-7(3)8(12(20)21)16-10-9-11(18-13(14)17-10)19(5-2)6-15-9/h6-8H,4-5H2,1-3H3,(H,20,21)(H3,14,16,17,18). The van der Waals surface area contributed by atoms with E-state index in [-0.39, 0.29) is 11.9 Å². The van der Waals surface area contributed by atoms with Crippen LogP contribution in [-0.4, -0.2) is 36.6 Å². The van der Waals surface area contributed by atoms with E-state index in [0.29, 0.717) is 23.5 Å². The molecule has 0 aliphatic carbocycles. The van der Waals surface area contributed by atoms with Gasteiger partial charge in [0, 0.05) is 6.54 Å². The molecule has 0 aliphatic heterocycles. The van der Waals surface area contributed by atoms with Crippen LogP contribution in [0.4, 0.5) is 11.8 Å². The Morgan fingerprint density at radius 1 is 1.48 bits per heavy atom. The van der Waals surface area contributed by atoms with Gasteiger partial charge in [0.05, 0.1) is 6.33 Å². The topological polar surface area (TPSA) is 119 Å². The van der Waals surface area contributed by atoms with Gasteiger partial charge in [-0.15, -0.1) is 0 Å². The zero-order valence-electron chi connectivity index (χ0n) is 12.4. The molecular weight excluding hydrogens is 272 g/mol. The number of aryl methyl sites for hydroxylation is 1. The SMILES string of the molecule is CCC(C)C(Nc1nc(N)nc2c1ncn2CC)C(=O)O. The van der Waals surface area contributed by atoms with Crippen molar-refractivity contribution in [2.75, 3.05) is 11.1 Å². The first-order valence-corrected chi connectivity index (χ1v) is 6.95. The van der Waals surface area contributed by atoms with Crippen LogP contribution in [0.15, 0.2) is 6.33 Å². The van der Waals surface area contributed by atoms with Crippen molar-refractivity contribution >= 4 is 28.9 Å². The molecule has 2 aromatic rings. The summed E-state index contributed by atoms with van der Waals surface area (Å²) in [5.74, 6) is -0.530.